The molecule has 0 fully saturated rings. The van der Waals surface area contributed by atoms with E-state index >= 15 is 0 Å². The Bertz CT molecular complexity index is 1650. The second kappa shape index (κ2) is 12.9. The fraction of sp³-hybridized carbons (Fsp3) is 0.111. The molecule has 2 N–H and O–H groups in total. The quantitative estimate of drug-likeness (QED) is 0.150. The fourth-order valence-electron chi connectivity index (χ4n) is 3.35. The van der Waals surface area contributed by atoms with Crippen LogP contribution in [0.3, 0.4) is 0 Å². The summed E-state index contributed by atoms with van der Waals surface area (Å²) in [5, 5.41) is 14.7. The molecule has 3 aromatic rings. The highest BCUT2D eigenvalue weighted by Gasteiger charge is 2.23. The zero-order valence-corrected chi connectivity index (χ0v) is 23.8. The Morgan fingerprint density at radius 2 is 1.68 bits per heavy atom. The molecule has 2 amide bonds. The number of rotatable bonds is 9. The van der Waals surface area contributed by atoms with Crippen molar-refractivity contribution in [3.63, 3.8) is 0 Å². The van der Waals surface area contributed by atoms with E-state index in [1.54, 1.807) is 18.2 Å². The molecule has 0 saturated carbocycles. The minimum Gasteiger partial charge on any atom is -0.493 e. The molecule has 0 aliphatic carbocycles. The predicted octanol–water partition coefficient (Wildman–Crippen LogP) is 4.52. The van der Waals surface area contributed by atoms with Gasteiger partial charge < -0.3 is 24.3 Å². The summed E-state index contributed by atoms with van der Waals surface area (Å²) in [7, 11) is -1.81. The number of para-hydroxylation sites is 1. The van der Waals surface area contributed by atoms with Crippen LogP contribution in [-0.2, 0) is 24.4 Å². The summed E-state index contributed by atoms with van der Waals surface area (Å²) in [5.41, 5.74) is 0.661. The lowest BCUT2D eigenvalue weighted by Gasteiger charge is -2.14. The Hall–Kier alpha value is -4.67. The number of nitrogens with one attached hydrogen (secondary N) is 2. The summed E-state index contributed by atoms with van der Waals surface area (Å²) in [6.07, 6.45) is 1.25. The number of amides is 2. The van der Waals surface area contributed by atoms with Gasteiger partial charge in [0.15, 0.2) is 11.5 Å². The van der Waals surface area contributed by atoms with E-state index in [1.807, 2.05) is 0 Å². The lowest BCUT2D eigenvalue weighted by Crippen LogP contribution is -2.16. The van der Waals surface area contributed by atoms with Crippen LogP contribution < -0.4 is 19.6 Å². The fourth-order valence-corrected chi connectivity index (χ4v) is 4.96. The number of benzene rings is 3. The second-order valence-electron chi connectivity index (χ2n) is 7.94. The molecule has 206 valence electrons. The van der Waals surface area contributed by atoms with Crippen LogP contribution >= 0.6 is 15.9 Å². The number of hydrogen-bond donors (Lipinski definition) is 2. The molecule has 3 aromatic carbocycles. The van der Waals surface area contributed by atoms with Crippen molar-refractivity contribution in [3.05, 3.63) is 81.8 Å². The van der Waals surface area contributed by atoms with E-state index in [0.29, 0.717) is 11.3 Å². The van der Waals surface area contributed by atoms with E-state index < -0.39 is 22.0 Å². The molecule has 11 nitrogen and oxygen atoms in total. The van der Waals surface area contributed by atoms with E-state index in [2.05, 4.69) is 26.6 Å². The van der Waals surface area contributed by atoms with Gasteiger partial charge in [-0.15, -0.1) is 0 Å². The standard InChI is InChI=1S/C27H22BrN3O8S/c1-16(32)30-19-8-10-20(11-9-19)40(35,36)39-25-22(28)13-17(14-24(25)37-2)12-18(15-29)26(33)31-23-7-5-4-6-21(23)27(34)38-3/h4-14H,1-3H3,(H,30,32)(H,31,33)/b18-12+. The van der Waals surface area contributed by atoms with Crippen LogP contribution in [0.15, 0.2) is 75.6 Å². The molecule has 0 radical (unpaired) electrons. The predicted molar refractivity (Wildman–Crippen MR) is 149 cm³/mol. The average Bonchev–Trinajstić information content (AvgIpc) is 2.92. The van der Waals surface area contributed by atoms with Crippen molar-refractivity contribution < 1.29 is 36.5 Å². The summed E-state index contributed by atoms with van der Waals surface area (Å²) < 4.78 is 41.3. The zero-order chi connectivity index (χ0) is 29.4. The second-order valence-corrected chi connectivity index (χ2v) is 10.3. The van der Waals surface area contributed by atoms with Gasteiger partial charge >= 0.3 is 16.1 Å². The van der Waals surface area contributed by atoms with Crippen molar-refractivity contribution in [3.8, 4) is 17.6 Å². The highest BCUT2D eigenvalue weighted by Crippen LogP contribution is 2.39. The van der Waals surface area contributed by atoms with Gasteiger partial charge in [-0.25, -0.2) is 4.79 Å². The van der Waals surface area contributed by atoms with Gasteiger partial charge in [0.25, 0.3) is 5.91 Å². The van der Waals surface area contributed by atoms with Gasteiger partial charge in [0.05, 0.1) is 29.9 Å². The Morgan fingerprint density at radius 1 is 1.00 bits per heavy atom. The summed E-state index contributed by atoms with van der Waals surface area (Å²) >= 11 is 3.26. The Kier molecular flexibility index (Phi) is 9.65. The van der Waals surface area contributed by atoms with Crippen LogP contribution in [0.25, 0.3) is 6.08 Å². The zero-order valence-electron chi connectivity index (χ0n) is 21.4. The lowest BCUT2D eigenvalue weighted by atomic mass is 10.1. The number of nitriles is 1. The number of carbonyl (C=O) groups excluding carboxylic acids is 3. The largest absolute Gasteiger partial charge is 0.493 e. The van der Waals surface area contributed by atoms with Crippen LogP contribution in [0.2, 0.25) is 0 Å². The van der Waals surface area contributed by atoms with Crippen LogP contribution in [0, 0.1) is 11.3 Å². The molecule has 0 unspecified atom stereocenters. The third kappa shape index (κ3) is 7.25. The van der Waals surface area contributed by atoms with E-state index in [1.165, 1.54) is 75.8 Å². The van der Waals surface area contributed by atoms with E-state index in [9.17, 15) is 28.1 Å². The number of anilines is 2. The molecular formula is C27H22BrN3O8S. The van der Waals surface area contributed by atoms with Crippen molar-refractivity contribution in [2.75, 3.05) is 24.9 Å². The average molecular weight is 628 g/mol. The van der Waals surface area contributed by atoms with Crippen LogP contribution in [0.5, 0.6) is 11.5 Å². The van der Waals surface area contributed by atoms with Gasteiger partial charge in [0.1, 0.15) is 16.5 Å². The summed E-state index contributed by atoms with van der Waals surface area (Å²) in [4.78, 5) is 35.8. The maximum absolute atomic E-state index is 12.9. The topological polar surface area (TPSA) is 161 Å². The number of nitrogens with zero attached hydrogens (tertiary/aromatic N) is 1. The summed E-state index contributed by atoms with van der Waals surface area (Å²) in [6, 6.07) is 16.1. The van der Waals surface area contributed by atoms with Crippen LogP contribution in [0.1, 0.15) is 22.8 Å². The summed E-state index contributed by atoms with van der Waals surface area (Å²) in [6.45, 7) is 1.33. The number of esters is 1. The Balaban J connectivity index is 1.89. The molecule has 40 heavy (non-hydrogen) atoms. The molecule has 0 aromatic heterocycles. The Labute approximate surface area is 238 Å². The van der Waals surface area contributed by atoms with Gasteiger partial charge in [-0.3, -0.25) is 9.59 Å². The Morgan fingerprint density at radius 3 is 2.27 bits per heavy atom. The number of carbonyl (C=O) groups is 3. The molecule has 3 rings (SSSR count). The minimum absolute atomic E-state index is 0.00667. The first-order chi connectivity index (χ1) is 19.0. The van der Waals surface area contributed by atoms with Crippen molar-refractivity contribution >= 4 is 61.3 Å². The highest BCUT2D eigenvalue weighted by molar-refractivity contribution is 9.10. The van der Waals surface area contributed by atoms with Gasteiger partial charge in [0.2, 0.25) is 5.91 Å². The first kappa shape index (κ1) is 29.9. The molecular weight excluding hydrogens is 606 g/mol. The minimum atomic E-state index is -4.31. The van der Waals surface area contributed by atoms with Gasteiger partial charge in [0, 0.05) is 12.6 Å². The number of ether oxygens (including phenoxy) is 2. The number of hydrogen-bond acceptors (Lipinski definition) is 9. The maximum atomic E-state index is 12.9. The van der Waals surface area contributed by atoms with Crippen molar-refractivity contribution in [1.29, 1.82) is 5.26 Å². The molecule has 0 aliphatic heterocycles. The first-order valence-corrected chi connectivity index (χ1v) is 13.5. The molecule has 13 heteroatoms. The summed E-state index contributed by atoms with van der Waals surface area (Å²) in [5.74, 6) is -1.94. The van der Waals surface area contributed by atoms with Crippen molar-refractivity contribution in [1.82, 2.24) is 0 Å². The van der Waals surface area contributed by atoms with Gasteiger partial charge in [-0.2, -0.15) is 13.7 Å². The van der Waals surface area contributed by atoms with Gasteiger partial charge in [-0.1, -0.05) is 12.1 Å². The molecule has 0 bridgehead atoms. The van der Waals surface area contributed by atoms with Crippen molar-refractivity contribution in [2.24, 2.45) is 0 Å². The third-order valence-corrected chi connectivity index (χ3v) is 6.99. The molecule has 0 heterocycles. The molecule has 0 atom stereocenters. The number of halogens is 1. The van der Waals surface area contributed by atoms with Gasteiger partial charge in [-0.05, 0) is 76.1 Å². The van der Waals surface area contributed by atoms with E-state index in [0.717, 1.165) is 0 Å². The molecule has 0 aliphatic rings. The van der Waals surface area contributed by atoms with Crippen LogP contribution in [-0.4, -0.2) is 40.4 Å². The molecule has 0 saturated heterocycles. The molecule has 0 spiro atoms. The lowest BCUT2D eigenvalue weighted by molar-refractivity contribution is -0.114. The SMILES string of the molecule is COC(=O)c1ccccc1NC(=O)/C(C#N)=C/c1cc(Br)c(OS(=O)(=O)c2ccc(NC(C)=O)cc2)c(OC)c1. The maximum Gasteiger partial charge on any atom is 0.339 e. The van der Waals surface area contributed by atoms with E-state index in [-0.39, 0.29) is 43.6 Å². The van der Waals surface area contributed by atoms with Crippen molar-refractivity contribution in [2.45, 2.75) is 11.8 Å². The highest BCUT2D eigenvalue weighted by atomic mass is 79.9. The number of methoxy groups -OCH3 is 2. The third-order valence-electron chi connectivity index (χ3n) is 5.16. The van der Waals surface area contributed by atoms with Crippen LogP contribution in [0.4, 0.5) is 11.4 Å². The monoisotopic (exact) mass is 627 g/mol. The smallest absolute Gasteiger partial charge is 0.339 e. The van der Waals surface area contributed by atoms with E-state index in [4.69, 9.17) is 13.7 Å². The normalized spacial score (nSPS) is 11.1. The first-order valence-electron chi connectivity index (χ1n) is 11.3.